The summed E-state index contributed by atoms with van der Waals surface area (Å²) in [5, 5.41) is 12.1. The number of likely N-dealkylation sites (tertiary alicyclic amines) is 1. The fourth-order valence-corrected chi connectivity index (χ4v) is 5.53. The Bertz CT molecular complexity index is 1230. The largest absolute Gasteiger partial charge is 0.492 e. The first-order valence-electron chi connectivity index (χ1n) is 11.8. The van der Waals surface area contributed by atoms with Crippen molar-refractivity contribution in [3.05, 3.63) is 34.5 Å². The fourth-order valence-electron chi connectivity index (χ4n) is 4.30. The summed E-state index contributed by atoms with van der Waals surface area (Å²) in [7, 11) is 0. The van der Waals surface area contributed by atoms with Gasteiger partial charge < -0.3 is 26.1 Å². The van der Waals surface area contributed by atoms with Crippen molar-refractivity contribution in [2.24, 2.45) is 0 Å². The molecule has 4 N–H and O–H groups in total. The van der Waals surface area contributed by atoms with Crippen LogP contribution in [0.2, 0.25) is 0 Å². The van der Waals surface area contributed by atoms with E-state index < -0.39 is 0 Å². The molecule has 1 saturated heterocycles. The minimum Gasteiger partial charge on any atom is -0.492 e. The van der Waals surface area contributed by atoms with E-state index in [2.05, 4.69) is 15.3 Å². The molecule has 5 rings (SSSR count). The fraction of sp³-hybridized carbons (Fsp3) is 0.400. The maximum atomic E-state index is 10.6. The summed E-state index contributed by atoms with van der Waals surface area (Å²) in [4.78, 5) is 33.7. The van der Waals surface area contributed by atoms with Gasteiger partial charge in [-0.25, -0.2) is 9.97 Å². The normalized spacial score (nSPS) is 15.1. The lowest BCUT2D eigenvalue weighted by Crippen LogP contribution is -2.32. The van der Waals surface area contributed by atoms with Gasteiger partial charge in [-0.05, 0) is 44.2 Å². The zero-order chi connectivity index (χ0) is 24.8. The number of benzene rings is 1. The molecule has 0 bridgehead atoms. The number of thiophene rings is 1. The number of anilines is 3. The lowest BCUT2D eigenvalue weighted by molar-refractivity contribution is -0.125. The first kappa shape index (κ1) is 24.6. The number of nitrogen functional groups attached to an aromatic ring is 1. The van der Waals surface area contributed by atoms with Crippen molar-refractivity contribution in [2.45, 2.75) is 45.4 Å². The Morgan fingerprint density at radius 1 is 1.20 bits per heavy atom. The first-order valence-corrected chi connectivity index (χ1v) is 12.7. The molecule has 0 unspecified atom stereocenters. The summed E-state index contributed by atoms with van der Waals surface area (Å²) in [6, 6.07) is 3.59. The molecule has 1 amide bonds. The Morgan fingerprint density at radius 2 is 1.97 bits per heavy atom. The maximum Gasteiger partial charge on any atom is 0.209 e. The van der Waals surface area contributed by atoms with Crippen molar-refractivity contribution in [3.8, 4) is 5.75 Å². The molecule has 2 aromatic heterocycles. The van der Waals surface area contributed by atoms with E-state index in [0.717, 1.165) is 41.0 Å². The van der Waals surface area contributed by atoms with Gasteiger partial charge in [0.2, 0.25) is 6.41 Å². The third kappa shape index (κ3) is 5.59. The van der Waals surface area contributed by atoms with Crippen molar-refractivity contribution in [1.29, 1.82) is 5.41 Å². The van der Waals surface area contributed by atoms with Gasteiger partial charge in [0, 0.05) is 54.3 Å². The zero-order valence-electron chi connectivity index (χ0n) is 19.8. The van der Waals surface area contributed by atoms with Crippen molar-refractivity contribution in [3.63, 3.8) is 0 Å². The molecule has 0 spiro atoms. The number of hydrogen-bond donors (Lipinski definition) is 3. The standard InChI is InChI=1S/C19H21N5OS.C6H9NO2/c1-2-25-15-8-13(21)11(9-20)7-14(15)24-18-17-12-5-3-4-6-16(12)26-19(17)23-10-22-18;8-5-7-3-1-6(9)2-4-7/h7-10,20H,2-6,21H2,1H3,(H,22,23,24);5H,1-4H2. The second-order valence-corrected chi connectivity index (χ2v) is 9.56. The Morgan fingerprint density at radius 3 is 2.69 bits per heavy atom. The van der Waals surface area contributed by atoms with E-state index in [0.29, 0.717) is 49.5 Å². The molecule has 0 atom stereocenters. The topological polar surface area (TPSA) is 134 Å². The lowest BCUT2D eigenvalue weighted by Gasteiger charge is -2.20. The van der Waals surface area contributed by atoms with Crippen LogP contribution in [-0.2, 0) is 22.4 Å². The predicted molar refractivity (Wildman–Crippen MR) is 139 cm³/mol. The highest BCUT2D eigenvalue weighted by Crippen LogP contribution is 2.40. The van der Waals surface area contributed by atoms with E-state index in [-0.39, 0.29) is 5.78 Å². The molecular weight excluding hydrogens is 464 g/mol. The average Bonchev–Trinajstić information content (AvgIpc) is 3.26. The van der Waals surface area contributed by atoms with E-state index in [4.69, 9.17) is 15.9 Å². The third-order valence-corrected chi connectivity index (χ3v) is 7.35. The van der Waals surface area contributed by atoms with E-state index in [1.807, 2.05) is 13.0 Å². The van der Waals surface area contributed by atoms with Gasteiger partial charge in [-0.2, -0.15) is 0 Å². The molecule has 1 aliphatic carbocycles. The van der Waals surface area contributed by atoms with Gasteiger partial charge in [0.1, 0.15) is 28.5 Å². The highest BCUT2D eigenvalue weighted by Gasteiger charge is 2.21. The number of nitrogens with zero attached hydrogens (tertiary/aromatic N) is 3. The summed E-state index contributed by atoms with van der Waals surface area (Å²) >= 11 is 1.77. The molecule has 35 heavy (non-hydrogen) atoms. The molecule has 1 fully saturated rings. The van der Waals surface area contributed by atoms with Crippen LogP contribution in [-0.4, -0.2) is 53.0 Å². The number of nitrogens with two attached hydrogens (primary N) is 1. The molecule has 10 heteroatoms. The highest BCUT2D eigenvalue weighted by atomic mass is 32.1. The van der Waals surface area contributed by atoms with Crippen molar-refractivity contribution >= 4 is 57.2 Å². The van der Waals surface area contributed by atoms with Crippen LogP contribution in [0.25, 0.3) is 10.2 Å². The van der Waals surface area contributed by atoms with Gasteiger partial charge in [-0.1, -0.05) is 0 Å². The quantitative estimate of drug-likeness (QED) is 0.267. The number of fused-ring (bicyclic) bond motifs is 3. The second kappa shape index (κ2) is 11.3. The van der Waals surface area contributed by atoms with Crippen LogP contribution >= 0.6 is 11.3 Å². The summed E-state index contributed by atoms with van der Waals surface area (Å²) in [6.07, 6.45) is 9.37. The first-order chi connectivity index (χ1) is 17.0. The summed E-state index contributed by atoms with van der Waals surface area (Å²) < 4.78 is 5.74. The van der Waals surface area contributed by atoms with Crippen LogP contribution in [0.1, 0.15) is 48.6 Å². The number of nitrogens with one attached hydrogen (secondary N) is 2. The van der Waals surface area contributed by atoms with E-state index in [9.17, 15) is 9.59 Å². The predicted octanol–water partition coefficient (Wildman–Crippen LogP) is 4.10. The number of piperidine rings is 1. The average molecular weight is 495 g/mol. The van der Waals surface area contributed by atoms with Gasteiger partial charge >= 0.3 is 0 Å². The van der Waals surface area contributed by atoms with Crippen molar-refractivity contribution < 1.29 is 14.3 Å². The number of aromatic nitrogens is 2. The minimum atomic E-state index is 0.271. The smallest absolute Gasteiger partial charge is 0.209 e. The number of carbonyl (C=O) groups is 2. The molecule has 9 nitrogen and oxygen atoms in total. The van der Waals surface area contributed by atoms with Gasteiger partial charge in [0.25, 0.3) is 0 Å². The minimum absolute atomic E-state index is 0.271. The van der Waals surface area contributed by atoms with E-state index in [1.165, 1.54) is 29.5 Å². The molecule has 3 aromatic rings. The highest BCUT2D eigenvalue weighted by molar-refractivity contribution is 7.19. The molecule has 0 saturated carbocycles. The maximum absolute atomic E-state index is 10.6. The zero-order valence-corrected chi connectivity index (χ0v) is 20.6. The van der Waals surface area contributed by atoms with Crippen LogP contribution in [0.5, 0.6) is 5.75 Å². The van der Waals surface area contributed by atoms with Crippen molar-refractivity contribution in [2.75, 3.05) is 30.7 Å². The van der Waals surface area contributed by atoms with Gasteiger partial charge in [-0.15, -0.1) is 11.3 Å². The second-order valence-electron chi connectivity index (χ2n) is 8.47. The summed E-state index contributed by atoms with van der Waals surface area (Å²) in [5.41, 5.74) is 9.31. The van der Waals surface area contributed by atoms with Crippen LogP contribution in [0.4, 0.5) is 17.2 Å². The number of carbonyl (C=O) groups excluding carboxylic acids is 2. The van der Waals surface area contributed by atoms with Crippen LogP contribution in [0.15, 0.2) is 18.5 Å². The molecule has 3 heterocycles. The van der Waals surface area contributed by atoms with Gasteiger partial charge in [0.15, 0.2) is 0 Å². The number of rotatable bonds is 6. The Balaban J connectivity index is 0.000000271. The molecular formula is C25H30N6O3S. The number of Topliss-reactive ketones (excluding diaryl/α,β-unsaturated/α-hetero) is 1. The number of ether oxygens (including phenoxy) is 1. The molecule has 0 radical (unpaired) electrons. The summed E-state index contributed by atoms with van der Waals surface area (Å²) in [6.45, 7) is 3.69. The number of hydrogen-bond acceptors (Lipinski definition) is 9. The molecule has 1 aliphatic heterocycles. The number of aryl methyl sites for hydroxylation is 2. The SMILES string of the molecule is CCOc1cc(N)c(C=N)cc1Nc1ncnc2sc3c(c12)CCCC3.O=CN1CCC(=O)CC1. The monoisotopic (exact) mass is 494 g/mol. The Hall–Kier alpha value is -3.53. The molecule has 2 aliphatic rings. The van der Waals surface area contributed by atoms with E-state index >= 15 is 0 Å². The van der Waals surface area contributed by atoms with E-state index in [1.54, 1.807) is 28.6 Å². The Labute approximate surface area is 208 Å². The van der Waals surface area contributed by atoms with Gasteiger partial charge in [-0.3, -0.25) is 9.59 Å². The molecule has 184 valence electrons. The Kier molecular flexibility index (Phi) is 7.91. The van der Waals surface area contributed by atoms with Crippen molar-refractivity contribution in [1.82, 2.24) is 14.9 Å². The number of amides is 1. The molecule has 1 aromatic carbocycles. The number of ketones is 1. The summed E-state index contributed by atoms with van der Waals surface area (Å²) in [5.74, 6) is 1.72. The lowest BCUT2D eigenvalue weighted by atomic mass is 9.97. The third-order valence-electron chi connectivity index (χ3n) is 6.15. The van der Waals surface area contributed by atoms with Crippen LogP contribution in [0.3, 0.4) is 0 Å². The van der Waals surface area contributed by atoms with Crippen LogP contribution in [0, 0.1) is 5.41 Å². The van der Waals surface area contributed by atoms with Crippen LogP contribution < -0.4 is 15.8 Å². The van der Waals surface area contributed by atoms with Gasteiger partial charge in [0.05, 0.1) is 17.7 Å².